The van der Waals surface area contributed by atoms with Gasteiger partial charge in [-0.15, -0.1) is 0 Å². The molecular formula is C12H12F3NO4. The number of carboxylic acid groups (broad SMARTS) is 1. The molecule has 20 heavy (non-hydrogen) atoms. The topological polar surface area (TPSA) is 79.5 Å². The number of carboxylic acids is 1. The van der Waals surface area contributed by atoms with E-state index in [0.717, 1.165) is 12.2 Å². The largest absolute Gasteiger partial charge is 0.479 e. The van der Waals surface area contributed by atoms with Gasteiger partial charge in [0.2, 0.25) is 11.4 Å². The Labute approximate surface area is 112 Å². The zero-order valence-corrected chi connectivity index (χ0v) is 10.6. The summed E-state index contributed by atoms with van der Waals surface area (Å²) in [5.74, 6) is -2.56. The maximum absolute atomic E-state index is 12.6. The highest BCUT2D eigenvalue weighted by atomic mass is 19.4. The van der Waals surface area contributed by atoms with Gasteiger partial charge in [-0.25, -0.2) is 4.79 Å². The minimum Gasteiger partial charge on any atom is -0.479 e. The zero-order valence-electron chi connectivity index (χ0n) is 10.6. The van der Waals surface area contributed by atoms with Crippen LogP contribution in [0.3, 0.4) is 0 Å². The molecule has 5 nitrogen and oxygen atoms in total. The van der Waals surface area contributed by atoms with Gasteiger partial charge >= 0.3 is 12.1 Å². The molecule has 0 aliphatic carbocycles. The quantitative estimate of drug-likeness (QED) is 0.833. The smallest absolute Gasteiger partial charge is 0.422 e. The van der Waals surface area contributed by atoms with Crippen molar-refractivity contribution in [2.24, 2.45) is 0 Å². The maximum Gasteiger partial charge on any atom is 0.422 e. The van der Waals surface area contributed by atoms with Crippen molar-refractivity contribution in [1.29, 1.82) is 0 Å². The molecule has 1 aromatic heterocycles. The van der Waals surface area contributed by atoms with Crippen molar-refractivity contribution >= 4 is 18.0 Å². The summed E-state index contributed by atoms with van der Waals surface area (Å²) in [5, 5.41) is 10.0. The molecule has 0 fully saturated rings. The Kier molecular flexibility index (Phi) is 4.26. The highest BCUT2D eigenvalue weighted by Crippen LogP contribution is 2.30. The van der Waals surface area contributed by atoms with E-state index in [9.17, 15) is 22.8 Å². The summed E-state index contributed by atoms with van der Waals surface area (Å²) in [6.07, 6.45) is -3.21. The summed E-state index contributed by atoms with van der Waals surface area (Å²) < 4.78 is 43.0. The van der Waals surface area contributed by atoms with Crippen LogP contribution in [0, 0.1) is 6.92 Å². The van der Waals surface area contributed by atoms with Crippen LogP contribution in [-0.4, -0.2) is 28.7 Å². The first-order chi connectivity index (χ1) is 9.06. The van der Waals surface area contributed by atoms with Gasteiger partial charge in [-0.05, 0) is 32.1 Å². The van der Waals surface area contributed by atoms with Gasteiger partial charge in [-0.3, -0.25) is 4.79 Å². The third kappa shape index (κ3) is 3.40. The van der Waals surface area contributed by atoms with Crippen molar-refractivity contribution in [3.05, 3.63) is 29.7 Å². The first-order valence-electron chi connectivity index (χ1n) is 5.43. The SMILES string of the molecule is Cc1ccc(C=CC(=O)NC(C)(C(=O)O)C(F)(F)F)o1. The molecule has 0 radical (unpaired) electrons. The third-order valence-electron chi connectivity index (χ3n) is 2.53. The van der Waals surface area contributed by atoms with Crippen molar-refractivity contribution in [2.75, 3.05) is 0 Å². The monoisotopic (exact) mass is 291 g/mol. The number of rotatable bonds is 4. The Morgan fingerprint density at radius 2 is 1.95 bits per heavy atom. The van der Waals surface area contributed by atoms with Gasteiger partial charge in [0.05, 0.1) is 0 Å². The molecule has 1 atom stereocenters. The number of aryl methyl sites for hydroxylation is 1. The van der Waals surface area contributed by atoms with Gasteiger partial charge in [0.25, 0.3) is 0 Å². The molecule has 0 spiro atoms. The second-order valence-electron chi connectivity index (χ2n) is 4.20. The molecule has 1 aromatic rings. The van der Waals surface area contributed by atoms with Gasteiger partial charge in [0, 0.05) is 6.08 Å². The lowest BCUT2D eigenvalue weighted by molar-refractivity contribution is -0.206. The van der Waals surface area contributed by atoms with E-state index >= 15 is 0 Å². The average Bonchev–Trinajstić information content (AvgIpc) is 2.70. The lowest BCUT2D eigenvalue weighted by Crippen LogP contribution is -2.61. The first kappa shape index (κ1) is 15.8. The normalized spacial score (nSPS) is 15.1. The lowest BCUT2D eigenvalue weighted by atomic mass is 10.0. The fourth-order valence-corrected chi connectivity index (χ4v) is 1.23. The van der Waals surface area contributed by atoms with Gasteiger partial charge < -0.3 is 14.8 Å². The number of hydrogen-bond donors (Lipinski definition) is 2. The van der Waals surface area contributed by atoms with Crippen LogP contribution in [-0.2, 0) is 9.59 Å². The van der Waals surface area contributed by atoms with Crippen molar-refractivity contribution in [3.8, 4) is 0 Å². The molecule has 8 heteroatoms. The number of halogens is 3. The van der Waals surface area contributed by atoms with E-state index in [0.29, 0.717) is 12.7 Å². The van der Waals surface area contributed by atoms with E-state index in [1.165, 1.54) is 11.4 Å². The number of carbonyl (C=O) groups excluding carboxylic acids is 1. The molecule has 1 rings (SSSR count). The number of amides is 1. The molecule has 0 aromatic carbocycles. The predicted octanol–water partition coefficient (Wildman–Crippen LogP) is 2.12. The van der Waals surface area contributed by atoms with Crippen molar-refractivity contribution in [1.82, 2.24) is 5.32 Å². The summed E-state index contributed by atoms with van der Waals surface area (Å²) in [5.41, 5.74) is -3.35. The number of furan rings is 1. The Balaban J connectivity index is 2.83. The molecule has 110 valence electrons. The van der Waals surface area contributed by atoms with Crippen LogP contribution in [0.25, 0.3) is 6.08 Å². The number of nitrogens with one attached hydrogen (secondary N) is 1. The molecule has 0 saturated heterocycles. The van der Waals surface area contributed by atoms with E-state index in [1.807, 2.05) is 0 Å². The average molecular weight is 291 g/mol. The third-order valence-corrected chi connectivity index (χ3v) is 2.53. The van der Waals surface area contributed by atoms with E-state index in [-0.39, 0.29) is 5.76 Å². The van der Waals surface area contributed by atoms with Crippen molar-refractivity contribution < 1.29 is 32.3 Å². The van der Waals surface area contributed by atoms with E-state index < -0.39 is 23.6 Å². The highest BCUT2D eigenvalue weighted by Gasteiger charge is 2.58. The van der Waals surface area contributed by atoms with E-state index in [4.69, 9.17) is 9.52 Å². The van der Waals surface area contributed by atoms with Crippen LogP contribution in [0.1, 0.15) is 18.4 Å². The Morgan fingerprint density at radius 3 is 2.35 bits per heavy atom. The number of aliphatic carboxylic acids is 1. The van der Waals surface area contributed by atoms with Crippen LogP contribution in [0.15, 0.2) is 22.6 Å². The summed E-state index contributed by atoms with van der Waals surface area (Å²) in [6.45, 7) is 2.03. The minimum absolute atomic E-state index is 0.265. The second-order valence-corrected chi connectivity index (χ2v) is 4.20. The summed E-state index contributed by atoms with van der Waals surface area (Å²) in [7, 11) is 0. The Bertz CT molecular complexity index is 547. The van der Waals surface area contributed by atoms with E-state index in [1.54, 1.807) is 13.0 Å². The van der Waals surface area contributed by atoms with Crippen LogP contribution >= 0.6 is 0 Å². The Morgan fingerprint density at radius 1 is 1.35 bits per heavy atom. The lowest BCUT2D eigenvalue weighted by Gasteiger charge is -2.27. The van der Waals surface area contributed by atoms with Crippen LogP contribution in [0.4, 0.5) is 13.2 Å². The molecule has 0 saturated carbocycles. The first-order valence-corrected chi connectivity index (χ1v) is 5.43. The maximum atomic E-state index is 12.6. The molecular weight excluding hydrogens is 279 g/mol. The molecule has 0 bridgehead atoms. The summed E-state index contributed by atoms with van der Waals surface area (Å²) in [4.78, 5) is 22.1. The van der Waals surface area contributed by atoms with Crippen LogP contribution < -0.4 is 5.32 Å². The summed E-state index contributed by atoms with van der Waals surface area (Å²) in [6, 6.07) is 3.12. The van der Waals surface area contributed by atoms with Gasteiger partial charge in [-0.2, -0.15) is 13.2 Å². The number of alkyl halides is 3. The van der Waals surface area contributed by atoms with Crippen LogP contribution in [0.2, 0.25) is 0 Å². The molecule has 2 N–H and O–H groups in total. The molecule has 1 unspecified atom stereocenters. The Hall–Kier alpha value is -2.25. The molecule has 1 amide bonds. The predicted molar refractivity (Wildman–Crippen MR) is 62.7 cm³/mol. The second kappa shape index (κ2) is 5.40. The van der Waals surface area contributed by atoms with Gasteiger partial charge in [0.15, 0.2) is 0 Å². The van der Waals surface area contributed by atoms with E-state index in [2.05, 4.69) is 0 Å². The highest BCUT2D eigenvalue weighted by molar-refractivity contribution is 5.95. The molecule has 0 aliphatic rings. The summed E-state index contributed by atoms with van der Waals surface area (Å²) >= 11 is 0. The standard InChI is InChI=1S/C12H12F3NO4/c1-7-3-4-8(20-7)5-6-9(17)16-11(2,10(18)19)12(13,14)15/h3-6H,1-2H3,(H,16,17)(H,18,19). The van der Waals surface area contributed by atoms with Crippen LogP contribution in [0.5, 0.6) is 0 Å². The van der Waals surface area contributed by atoms with Crippen molar-refractivity contribution in [3.63, 3.8) is 0 Å². The molecule has 0 aliphatic heterocycles. The fraction of sp³-hybridized carbons (Fsp3) is 0.333. The fourth-order valence-electron chi connectivity index (χ4n) is 1.23. The van der Waals surface area contributed by atoms with Crippen molar-refractivity contribution in [2.45, 2.75) is 25.6 Å². The number of carbonyl (C=O) groups is 2. The minimum atomic E-state index is -5.12. The number of hydrogen-bond acceptors (Lipinski definition) is 3. The molecule has 1 heterocycles. The van der Waals surface area contributed by atoms with Gasteiger partial charge in [0.1, 0.15) is 11.5 Å². The van der Waals surface area contributed by atoms with Gasteiger partial charge in [-0.1, -0.05) is 0 Å². The zero-order chi connectivity index (χ0) is 15.6.